The molecule has 1 aliphatic rings. The van der Waals surface area contributed by atoms with Crippen LogP contribution in [0.3, 0.4) is 0 Å². The van der Waals surface area contributed by atoms with Gasteiger partial charge in [0.1, 0.15) is 0 Å². The molecule has 0 aliphatic carbocycles. The van der Waals surface area contributed by atoms with Crippen LogP contribution in [0.4, 0.5) is 5.69 Å². The largest absolute Gasteiger partial charge is 0.368 e. The fourth-order valence-corrected chi connectivity index (χ4v) is 2.67. The number of hydrazone groups is 1. The van der Waals surface area contributed by atoms with Gasteiger partial charge in [0.05, 0.1) is 18.8 Å². The second-order valence-corrected chi connectivity index (χ2v) is 5.70. The number of anilines is 1. The maximum atomic E-state index is 4.74. The van der Waals surface area contributed by atoms with Gasteiger partial charge < -0.3 is 4.90 Å². The summed E-state index contributed by atoms with van der Waals surface area (Å²) >= 11 is 0. The molecule has 1 aromatic heterocycles. The minimum Gasteiger partial charge on any atom is -0.368 e. The highest BCUT2D eigenvalue weighted by Crippen LogP contribution is 2.17. The van der Waals surface area contributed by atoms with Crippen molar-refractivity contribution in [3.8, 4) is 0 Å². The Bertz CT molecular complexity index is 626. The summed E-state index contributed by atoms with van der Waals surface area (Å²) < 4.78 is 0. The molecule has 1 aromatic carbocycles. The average Bonchev–Trinajstić information content (AvgIpc) is 2.57. The topological polar surface area (TPSA) is 31.7 Å². The molecule has 1 fully saturated rings. The maximum absolute atomic E-state index is 4.74. The Morgan fingerprint density at radius 3 is 2.23 bits per heavy atom. The SMILES string of the molecule is CC(=NN1CCN(c2ccc(C)cc2)CC1)c1ccncc1. The molecule has 2 heterocycles. The van der Waals surface area contributed by atoms with Crippen molar-refractivity contribution < 1.29 is 0 Å². The van der Waals surface area contributed by atoms with Crippen LogP contribution in [0.15, 0.2) is 53.9 Å². The van der Waals surface area contributed by atoms with Gasteiger partial charge in [-0.15, -0.1) is 0 Å². The molecule has 0 spiro atoms. The summed E-state index contributed by atoms with van der Waals surface area (Å²) in [6.07, 6.45) is 3.62. The van der Waals surface area contributed by atoms with Crippen LogP contribution in [0.1, 0.15) is 18.1 Å². The third-order valence-electron chi connectivity index (χ3n) is 4.04. The summed E-state index contributed by atoms with van der Waals surface area (Å²) in [5.41, 5.74) is 4.79. The summed E-state index contributed by atoms with van der Waals surface area (Å²) in [5, 5.41) is 6.91. The second-order valence-electron chi connectivity index (χ2n) is 5.70. The van der Waals surface area contributed by atoms with Gasteiger partial charge in [0.25, 0.3) is 0 Å². The quantitative estimate of drug-likeness (QED) is 0.816. The van der Waals surface area contributed by atoms with E-state index in [0.29, 0.717) is 0 Å². The van der Waals surface area contributed by atoms with Gasteiger partial charge in [-0.05, 0) is 38.1 Å². The Balaban J connectivity index is 1.61. The molecule has 0 N–H and O–H groups in total. The van der Waals surface area contributed by atoms with E-state index in [4.69, 9.17) is 5.10 Å². The van der Waals surface area contributed by atoms with Crippen molar-refractivity contribution in [2.24, 2.45) is 5.10 Å². The van der Waals surface area contributed by atoms with Crippen LogP contribution in [0.5, 0.6) is 0 Å². The zero-order valence-electron chi connectivity index (χ0n) is 13.2. The first-order chi connectivity index (χ1) is 10.7. The van der Waals surface area contributed by atoms with Gasteiger partial charge in [-0.3, -0.25) is 9.99 Å². The van der Waals surface area contributed by atoms with Gasteiger partial charge >= 0.3 is 0 Å². The molecule has 1 saturated heterocycles. The Kier molecular flexibility index (Phi) is 4.37. The van der Waals surface area contributed by atoms with Gasteiger partial charge in [-0.1, -0.05) is 17.7 Å². The Labute approximate surface area is 132 Å². The van der Waals surface area contributed by atoms with Crippen molar-refractivity contribution in [1.82, 2.24) is 9.99 Å². The van der Waals surface area contributed by atoms with Crippen molar-refractivity contribution in [2.45, 2.75) is 13.8 Å². The number of rotatable bonds is 3. The number of nitrogens with zero attached hydrogens (tertiary/aromatic N) is 4. The van der Waals surface area contributed by atoms with Crippen LogP contribution < -0.4 is 4.90 Å². The Morgan fingerprint density at radius 1 is 0.955 bits per heavy atom. The van der Waals surface area contributed by atoms with Gasteiger partial charge in [0.2, 0.25) is 0 Å². The lowest BCUT2D eigenvalue weighted by atomic mass is 10.2. The number of piperazine rings is 1. The van der Waals surface area contributed by atoms with Gasteiger partial charge in [-0.25, -0.2) is 0 Å². The minimum atomic E-state index is 0.955. The molecule has 0 unspecified atom stereocenters. The molecule has 2 aromatic rings. The van der Waals surface area contributed by atoms with Crippen LogP contribution in [-0.4, -0.2) is 41.9 Å². The summed E-state index contributed by atoms with van der Waals surface area (Å²) in [7, 11) is 0. The molecule has 3 rings (SSSR count). The molecule has 0 radical (unpaired) electrons. The van der Waals surface area contributed by atoms with Crippen molar-refractivity contribution in [3.05, 3.63) is 59.9 Å². The third kappa shape index (κ3) is 3.45. The highest BCUT2D eigenvalue weighted by molar-refractivity contribution is 5.98. The predicted octanol–water partition coefficient (Wildman–Crippen LogP) is 2.94. The molecule has 0 atom stereocenters. The van der Waals surface area contributed by atoms with E-state index in [1.165, 1.54) is 11.3 Å². The molecule has 0 saturated carbocycles. The molecule has 114 valence electrons. The van der Waals surface area contributed by atoms with E-state index in [1.807, 2.05) is 24.5 Å². The number of aromatic nitrogens is 1. The molecular formula is C18H22N4. The first-order valence-electron chi connectivity index (χ1n) is 7.74. The van der Waals surface area contributed by atoms with Gasteiger partial charge in [0.15, 0.2) is 0 Å². The van der Waals surface area contributed by atoms with Gasteiger partial charge in [0, 0.05) is 36.7 Å². The molecule has 22 heavy (non-hydrogen) atoms. The molecule has 4 heteroatoms. The normalized spacial score (nSPS) is 16.0. The first-order valence-corrected chi connectivity index (χ1v) is 7.74. The molecular weight excluding hydrogens is 272 g/mol. The fraction of sp³-hybridized carbons (Fsp3) is 0.333. The first kappa shape index (κ1) is 14.6. The lowest BCUT2D eigenvalue weighted by Crippen LogP contribution is -2.44. The third-order valence-corrected chi connectivity index (χ3v) is 4.04. The van der Waals surface area contributed by atoms with Gasteiger partial charge in [-0.2, -0.15) is 5.10 Å². The molecule has 0 bridgehead atoms. The maximum Gasteiger partial charge on any atom is 0.0647 e. The minimum absolute atomic E-state index is 0.955. The van der Waals surface area contributed by atoms with E-state index >= 15 is 0 Å². The van der Waals surface area contributed by atoms with E-state index in [9.17, 15) is 0 Å². The predicted molar refractivity (Wildman–Crippen MR) is 91.4 cm³/mol. The Hall–Kier alpha value is -2.36. The average molecular weight is 294 g/mol. The fourth-order valence-electron chi connectivity index (χ4n) is 2.67. The smallest absolute Gasteiger partial charge is 0.0647 e. The lowest BCUT2D eigenvalue weighted by Gasteiger charge is -2.35. The van der Waals surface area contributed by atoms with E-state index in [0.717, 1.165) is 37.5 Å². The van der Waals surface area contributed by atoms with Crippen molar-refractivity contribution >= 4 is 11.4 Å². The van der Waals surface area contributed by atoms with Crippen LogP contribution in [0, 0.1) is 6.92 Å². The second kappa shape index (κ2) is 6.60. The van der Waals surface area contributed by atoms with Crippen LogP contribution in [0.2, 0.25) is 0 Å². The molecule has 4 nitrogen and oxygen atoms in total. The number of hydrogen-bond donors (Lipinski definition) is 0. The van der Waals surface area contributed by atoms with Crippen LogP contribution >= 0.6 is 0 Å². The van der Waals surface area contributed by atoms with Crippen molar-refractivity contribution in [1.29, 1.82) is 0 Å². The van der Waals surface area contributed by atoms with E-state index in [1.54, 1.807) is 0 Å². The highest BCUT2D eigenvalue weighted by atomic mass is 15.5. The summed E-state index contributed by atoms with van der Waals surface area (Å²) in [4.78, 5) is 6.47. The van der Waals surface area contributed by atoms with Crippen LogP contribution in [-0.2, 0) is 0 Å². The number of benzene rings is 1. The summed E-state index contributed by atoms with van der Waals surface area (Å²) in [5.74, 6) is 0. The standard InChI is InChI=1S/C18H22N4/c1-15-3-5-18(6-4-15)21-11-13-22(14-12-21)20-16(2)17-7-9-19-10-8-17/h3-10H,11-14H2,1-2H3. The monoisotopic (exact) mass is 294 g/mol. The zero-order chi connectivity index (χ0) is 15.4. The van der Waals surface area contributed by atoms with Crippen LogP contribution in [0.25, 0.3) is 0 Å². The summed E-state index contributed by atoms with van der Waals surface area (Å²) in [6, 6.07) is 12.8. The number of pyridine rings is 1. The molecule has 0 amide bonds. The zero-order valence-corrected chi connectivity index (χ0v) is 13.2. The van der Waals surface area contributed by atoms with E-state index < -0.39 is 0 Å². The number of hydrogen-bond acceptors (Lipinski definition) is 4. The van der Waals surface area contributed by atoms with E-state index in [2.05, 4.69) is 53.0 Å². The molecule has 1 aliphatic heterocycles. The highest BCUT2D eigenvalue weighted by Gasteiger charge is 2.16. The Morgan fingerprint density at radius 2 is 1.59 bits per heavy atom. The summed E-state index contributed by atoms with van der Waals surface area (Å²) in [6.45, 7) is 8.11. The van der Waals surface area contributed by atoms with E-state index in [-0.39, 0.29) is 0 Å². The van der Waals surface area contributed by atoms with Crippen molar-refractivity contribution in [2.75, 3.05) is 31.1 Å². The lowest BCUT2D eigenvalue weighted by molar-refractivity contribution is 0.270. The number of aryl methyl sites for hydroxylation is 1. The van der Waals surface area contributed by atoms with Crippen molar-refractivity contribution in [3.63, 3.8) is 0 Å².